The van der Waals surface area contributed by atoms with Crippen LogP contribution in [0.15, 0.2) is 60.7 Å². The van der Waals surface area contributed by atoms with Crippen molar-refractivity contribution in [2.45, 2.75) is 38.6 Å². The Morgan fingerprint density at radius 2 is 1.57 bits per heavy atom. The van der Waals surface area contributed by atoms with Gasteiger partial charge in [0, 0.05) is 15.3 Å². The first-order chi connectivity index (χ1) is 18.4. The molecule has 0 saturated carbocycles. The number of carbonyl (C=O) groups excluding carboxylic acids is 2. The highest BCUT2D eigenvalue weighted by molar-refractivity contribution is 14.1. The second-order valence-corrected chi connectivity index (χ2v) is 12.0. The molecule has 214 valence electrons. The number of benzene rings is 3. The Balaban J connectivity index is 1.97. The molecule has 0 heterocycles. The molecule has 3 rings (SSSR count). The van der Waals surface area contributed by atoms with Gasteiger partial charge in [-0.25, -0.2) is 0 Å². The molecule has 40 heavy (non-hydrogen) atoms. The summed E-state index contributed by atoms with van der Waals surface area (Å²) in [5.41, 5.74) is -3.93. The van der Waals surface area contributed by atoms with Gasteiger partial charge in [-0.05, 0) is 90.4 Å². The van der Waals surface area contributed by atoms with Gasteiger partial charge in [0.15, 0.2) is 0 Å². The quantitative estimate of drug-likeness (QED) is 0.223. The lowest BCUT2D eigenvalue weighted by atomic mass is 9.84. The Morgan fingerprint density at radius 3 is 2.10 bits per heavy atom. The average Bonchev–Trinajstić information content (AvgIpc) is 2.82. The molecule has 3 N–H and O–H groups in total. The van der Waals surface area contributed by atoms with Gasteiger partial charge in [-0.2, -0.15) is 21.6 Å². The largest absolute Gasteiger partial charge is 0.425 e. The Kier molecular flexibility index (Phi) is 9.21. The molecule has 0 aliphatic carbocycles. The van der Waals surface area contributed by atoms with E-state index in [1.807, 2.05) is 22.6 Å². The van der Waals surface area contributed by atoms with Crippen LogP contribution in [0.2, 0.25) is 0 Å². The third kappa shape index (κ3) is 6.93. The smallest absolute Gasteiger partial charge is 0.383 e. The van der Waals surface area contributed by atoms with Crippen LogP contribution in [0.5, 0.6) is 5.75 Å². The van der Waals surface area contributed by atoms with E-state index in [0.29, 0.717) is 3.57 Å². The van der Waals surface area contributed by atoms with E-state index in [2.05, 4.69) is 14.8 Å². The molecule has 0 radical (unpaired) electrons. The molecule has 0 bridgehead atoms. The van der Waals surface area contributed by atoms with Crippen LogP contribution in [-0.4, -0.2) is 43.8 Å². The van der Waals surface area contributed by atoms with Gasteiger partial charge in [-0.3, -0.25) is 9.59 Å². The lowest BCUT2D eigenvalue weighted by molar-refractivity contribution is -0.248. The van der Waals surface area contributed by atoms with Gasteiger partial charge in [-0.1, -0.05) is 30.3 Å². The molecule has 2 amide bonds. The highest BCUT2D eigenvalue weighted by Gasteiger charge is 2.56. The number of alkyl halides is 3. The highest BCUT2D eigenvalue weighted by Crippen LogP contribution is 2.45. The molecule has 0 spiro atoms. The Bertz CT molecular complexity index is 1540. The number of nitrogens with one attached hydrogen (secondary N) is 2. The first kappa shape index (κ1) is 31.4. The Morgan fingerprint density at radius 1 is 0.975 bits per heavy atom. The van der Waals surface area contributed by atoms with Crippen molar-refractivity contribution >= 4 is 50.2 Å². The van der Waals surface area contributed by atoms with Gasteiger partial charge in [0.25, 0.3) is 11.8 Å². The monoisotopic (exact) mass is 690 g/mol. The van der Waals surface area contributed by atoms with Crippen molar-refractivity contribution < 1.29 is 40.5 Å². The minimum Gasteiger partial charge on any atom is -0.383 e. The van der Waals surface area contributed by atoms with E-state index < -0.39 is 44.8 Å². The molecule has 0 fully saturated rings. The number of anilines is 1. The first-order valence-electron chi connectivity index (χ1n) is 11.7. The molecule has 3 aromatic rings. The molecule has 8 nitrogen and oxygen atoms in total. The molecule has 1 unspecified atom stereocenters. The van der Waals surface area contributed by atoms with Crippen LogP contribution in [0.4, 0.5) is 18.9 Å². The van der Waals surface area contributed by atoms with E-state index >= 15 is 0 Å². The van der Waals surface area contributed by atoms with Gasteiger partial charge in [0.1, 0.15) is 5.75 Å². The van der Waals surface area contributed by atoms with E-state index in [9.17, 15) is 36.3 Å². The number of hydrogen-bond acceptors (Lipinski definition) is 6. The third-order valence-corrected chi connectivity index (χ3v) is 7.12. The van der Waals surface area contributed by atoms with Crippen LogP contribution < -0.4 is 14.8 Å². The number of aliphatic hydroxyl groups is 1. The minimum absolute atomic E-state index is 0.0803. The van der Waals surface area contributed by atoms with Crippen molar-refractivity contribution in [1.29, 1.82) is 0 Å². The summed E-state index contributed by atoms with van der Waals surface area (Å²) in [5.74, 6) is -1.31. The summed E-state index contributed by atoms with van der Waals surface area (Å²) in [5, 5.41) is 16.3. The number of carbonyl (C=O) groups is 2. The summed E-state index contributed by atoms with van der Waals surface area (Å²) in [7, 11) is -3.90. The second kappa shape index (κ2) is 11.7. The summed E-state index contributed by atoms with van der Waals surface area (Å²) >= 11 is 1.94. The Labute approximate surface area is 243 Å². The molecule has 0 aromatic heterocycles. The van der Waals surface area contributed by atoms with Crippen LogP contribution >= 0.6 is 22.6 Å². The van der Waals surface area contributed by atoms with Crippen LogP contribution in [0.25, 0.3) is 0 Å². The van der Waals surface area contributed by atoms with Gasteiger partial charge in [-0.15, -0.1) is 0 Å². The maximum absolute atomic E-state index is 14.3. The zero-order valence-corrected chi connectivity index (χ0v) is 24.7. The summed E-state index contributed by atoms with van der Waals surface area (Å²) in [6, 6.07) is 11.7. The lowest BCUT2D eigenvalue weighted by Gasteiger charge is -2.32. The van der Waals surface area contributed by atoms with Crippen molar-refractivity contribution in [3.63, 3.8) is 0 Å². The van der Waals surface area contributed by atoms with Gasteiger partial charge >= 0.3 is 16.3 Å². The summed E-state index contributed by atoms with van der Waals surface area (Å²) < 4.78 is 70.6. The van der Waals surface area contributed by atoms with Crippen LogP contribution in [0.3, 0.4) is 0 Å². The molecule has 0 aliphatic rings. The normalized spacial score (nSPS) is 13.4. The van der Waals surface area contributed by atoms with Crippen molar-refractivity contribution in [3.8, 4) is 5.75 Å². The molecule has 1 atom stereocenters. The fraction of sp³-hybridized carbons (Fsp3) is 0.259. The Hall–Kier alpha value is -3.17. The summed E-state index contributed by atoms with van der Waals surface area (Å²) in [6.07, 6.45) is -4.38. The van der Waals surface area contributed by atoms with Crippen molar-refractivity contribution in [2.24, 2.45) is 0 Å². The van der Waals surface area contributed by atoms with Gasteiger partial charge < -0.3 is 19.9 Å². The van der Waals surface area contributed by atoms with E-state index in [4.69, 9.17) is 0 Å². The molecular weight excluding hydrogens is 664 g/mol. The summed E-state index contributed by atoms with van der Waals surface area (Å²) in [4.78, 5) is 25.9. The zero-order chi connectivity index (χ0) is 30.0. The standard InChI is InChI=1S/C27H26F3IN2O6S/c1-15(2)32-25(35)23-20(6-5-7-21(23)31)24(34)33-22-13-10-18(14-16(22)3)26(36,27(28,29)30)17-8-11-19(12-9-17)39-40(4,37)38/h5-15,36H,1-4H3,(H,32,35)(H,33,34). The maximum Gasteiger partial charge on any atom is 0.425 e. The van der Waals surface area contributed by atoms with E-state index in [-0.39, 0.29) is 34.2 Å². The first-order valence-corrected chi connectivity index (χ1v) is 14.6. The van der Waals surface area contributed by atoms with Crippen LogP contribution in [0, 0.1) is 10.5 Å². The predicted molar refractivity (Wildman–Crippen MR) is 152 cm³/mol. The van der Waals surface area contributed by atoms with Crippen LogP contribution in [-0.2, 0) is 15.7 Å². The molecule has 3 aromatic carbocycles. The van der Waals surface area contributed by atoms with Gasteiger partial charge in [0.05, 0.1) is 17.4 Å². The number of amides is 2. The number of aryl methyl sites for hydroxylation is 1. The second-order valence-electron chi connectivity index (χ2n) is 9.29. The molecule has 0 aliphatic heterocycles. The minimum atomic E-state index is -5.16. The SMILES string of the molecule is Cc1cc(C(O)(c2ccc(OS(C)(=O)=O)cc2)C(F)(F)F)ccc1NC(=O)c1cccc(I)c1C(=O)NC(C)C. The highest BCUT2D eigenvalue weighted by atomic mass is 127. The van der Waals surface area contributed by atoms with Gasteiger partial charge in [0.2, 0.25) is 5.60 Å². The van der Waals surface area contributed by atoms with E-state index in [1.54, 1.807) is 26.0 Å². The summed E-state index contributed by atoms with van der Waals surface area (Å²) in [6.45, 7) is 5.01. The number of rotatable bonds is 8. The topological polar surface area (TPSA) is 122 Å². The van der Waals surface area contributed by atoms with Crippen molar-refractivity contribution in [2.75, 3.05) is 11.6 Å². The van der Waals surface area contributed by atoms with Crippen LogP contribution in [0.1, 0.15) is 51.3 Å². The average molecular weight is 690 g/mol. The van der Waals surface area contributed by atoms with E-state index in [0.717, 1.165) is 42.7 Å². The molecule has 13 heteroatoms. The van der Waals surface area contributed by atoms with Crippen molar-refractivity contribution in [3.05, 3.63) is 92.1 Å². The molecular formula is C27H26F3IN2O6S. The fourth-order valence-corrected chi connectivity index (χ4v) is 5.12. The third-order valence-electron chi connectivity index (χ3n) is 5.73. The maximum atomic E-state index is 14.3. The number of halogens is 4. The zero-order valence-electron chi connectivity index (χ0n) is 21.8. The fourth-order valence-electron chi connectivity index (χ4n) is 3.92. The lowest BCUT2D eigenvalue weighted by Crippen LogP contribution is -2.43. The van der Waals surface area contributed by atoms with E-state index in [1.165, 1.54) is 19.1 Å². The molecule has 0 saturated heterocycles. The predicted octanol–water partition coefficient (Wildman–Crippen LogP) is 5.13. The number of hydrogen-bond donors (Lipinski definition) is 3. The van der Waals surface area contributed by atoms with Crippen molar-refractivity contribution in [1.82, 2.24) is 5.32 Å².